The molecular weight excluding hydrogens is 200 g/mol. The van der Waals surface area contributed by atoms with Crippen molar-refractivity contribution >= 4 is 18.6 Å². The van der Waals surface area contributed by atoms with Crippen LogP contribution in [0.2, 0.25) is 0 Å². The van der Waals surface area contributed by atoms with Crippen molar-refractivity contribution in [3.05, 3.63) is 29.8 Å². The summed E-state index contributed by atoms with van der Waals surface area (Å²) in [6.45, 7) is -0.0588. The van der Waals surface area contributed by atoms with Crippen molar-refractivity contribution in [2.24, 2.45) is 0 Å². The van der Waals surface area contributed by atoms with E-state index in [-0.39, 0.29) is 12.6 Å². The molecule has 0 fully saturated rings. The number of benzene rings is 1. The Morgan fingerprint density at radius 2 is 2.00 bits per heavy atom. The van der Waals surface area contributed by atoms with E-state index in [0.717, 1.165) is 5.56 Å². The fourth-order valence-electron chi connectivity index (χ4n) is 0.892. The van der Waals surface area contributed by atoms with E-state index in [2.05, 4.69) is 17.4 Å². The minimum absolute atomic E-state index is 0.0588. The summed E-state index contributed by atoms with van der Waals surface area (Å²) >= 11 is 4.13. The first-order chi connectivity index (χ1) is 6.76. The normalized spacial score (nSPS) is 9.57. The van der Waals surface area contributed by atoms with Crippen molar-refractivity contribution in [1.82, 2.24) is 0 Å². The Bertz CT molecular complexity index is 295. The minimum Gasteiger partial charge on any atom is -0.482 e. The van der Waals surface area contributed by atoms with Gasteiger partial charge < -0.3 is 9.47 Å². The molecule has 0 bridgehead atoms. The maximum absolute atomic E-state index is 10.7. The zero-order chi connectivity index (χ0) is 10.4. The molecule has 0 N–H and O–H groups in total. The maximum Gasteiger partial charge on any atom is 0.343 e. The summed E-state index contributed by atoms with van der Waals surface area (Å²) in [7, 11) is 1.33. The zero-order valence-corrected chi connectivity index (χ0v) is 8.79. The molecule has 76 valence electrons. The number of hydrogen-bond acceptors (Lipinski definition) is 4. The van der Waals surface area contributed by atoms with Gasteiger partial charge in [0.1, 0.15) is 5.75 Å². The molecule has 1 aromatic carbocycles. The number of carbonyl (C=O) groups excluding carboxylic acids is 1. The van der Waals surface area contributed by atoms with E-state index >= 15 is 0 Å². The van der Waals surface area contributed by atoms with E-state index in [9.17, 15) is 4.79 Å². The Hall–Kier alpha value is -1.16. The fraction of sp³-hybridized carbons (Fsp3) is 0.300. The smallest absolute Gasteiger partial charge is 0.343 e. The Balaban J connectivity index is 2.47. The topological polar surface area (TPSA) is 35.5 Å². The predicted octanol–water partition coefficient (Wildman–Crippen LogP) is 1.67. The van der Waals surface area contributed by atoms with Gasteiger partial charge in [-0.1, -0.05) is 12.1 Å². The molecule has 0 unspecified atom stereocenters. The zero-order valence-electron chi connectivity index (χ0n) is 7.90. The maximum atomic E-state index is 10.7. The van der Waals surface area contributed by atoms with E-state index < -0.39 is 0 Å². The van der Waals surface area contributed by atoms with Gasteiger partial charge in [0.05, 0.1) is 7.11 Å². The monoisotopic (exact) mass is 212 g/mol. The van der Waals surface area contributed by atoms with Crippen molar-refractivity contribution in [2.75, 3.05) is 13.7 Å². The molecule has 1 rings (SSSR count). The van der Waals surface area contributed by atoms with E-state index in [1.807, 2.05) is 12.1 Å². The van der Waals surface area contributed by atoms with Crippen molar-refractivity contribution in [3.8, 4) is 5.75 Å². The van der Waals surface area contributed by atoms with Gasteiger partial charge in [0.15, 0.2) is 6.61 Å². The van der Waals surface area contributed by atoms with Gasteiger partial charge in [-0.15, -0.1) is 0 Å². The summed E-state index contributed by atoms with van der Waals surface area (Å²) in [5, 5.41) is 0. The Labute approximate surface area is 88.4 Å². The van der Waals surface area contributed by atoms with E-state index in [1.54, 1.807) is 12.1 Å². The highest BCUT2D eigenvalue weighted by atomic mass is 32.1. The highest BCUT2D eigenvalue weighted by Crippen LogP contribution is 2.13. The van der Waals surface area contributed by atoms with Gasteiger partial charge in [0, 0.05) is 5.75 Å². The van der Waals surface area contributed by atoms with Gasteiger partial charge in [-0.25, -0.2) is 4.79 Å². The molecule has 3 nitrogen and oxygen atoms in total. The van der Waals surface area contributed by atoms with Gasteiger partial charge in [0.25, 0.3) is 0 Å². The van der Waals surface area contributed by atoms with Crippen LogP contribution in [-0.4, -0.2) is 19.7 Å². The average Bonchev–Trinajstić information content (AvgIpc) is 2.26. The third kappa shape index (κ3) is 3.30. The molecule has 0 saturated carbocycles. The Morgan fingerprint density at radius 3 is 2.50 bits per heavy atom. The largest absolute Gasteiger partial charge is 0.482 e. The quantitative estimate of drug-likeness (QED) is 0.609. The number of thiol groups is 1. The first kappa shape index (κ1) is 10.9. The predicted molar refractivity (Wildman–Crippen MR) is 56.6 cm³/mol. The Kier molecular flexibility index (Phi) is 4.32. The van der Waals surface area contributed by atoms with Crippen LogP contribution in [0.15, 0.2) is 24.3 Å². The van der Waals surface area contributed by atoms with Gasteiger partial charge in [-0.05, 0) is 17.7 Å². The number of rotatable bonds is 4. The molecule has 4 heteroatoms. The van der Waals surface area contributed by atoms with Gasteiger partial charge >= 0.3 is 5.97 Å². The molecule has 1 aromatic rings. The van der Waals surface area contributed by atoms with Crippen LogP contribution in [0.3, 0.4) is 0 Å². The third-order valence-corrected chi connectivity index (χ3v) is 2.06. The molecule has 0 aliphatic carbocycles. The van der Waals surface area contributed by atoms with Crippen LogP contribution in [0.4, 0.5) is 0 Å². The number of ether oxygens (including phenoxy) is 2. The third-order valence-electron chi connectivity index (χ3n) is 1.69. The molecule has 0 aromatic heterocycles. The molecule has 0 aliphatic rings. The van der Waals surface area contributed by atoms with Gasteiger partial charge in [-0.3, -0.25) is 0 Å². The van der Waals surface area contributed by atoms with Crippen molar-refractivity contribution in [2.45, 2.75) is 5.75 Å². The van der Waals surface area contributed by atoms with E-state index in [0.29, 0.717) is 11.5 Å². The summed E-state index contributed by atoms with van der Waals surface area (Å²) in [6.07, 6.45) is 0. The molecule has 0 saturated heterocycles. The number of methoxy groups -OCH3 is 1. The van der Waals surface area contributed by atoms with Crippen LogP contribution in [0.5, 0.6) is 5.75 Å². The fourth-order valence-corrected chi connectivity index (χ4v) is 1.10. The summed E-state index contributed by atoms with van der Waals surface area (Å²) in [5.41, 5.74) is 1.11. The first-order valence-electron chi connectivity index (χ1n) is 4.15. The second-order valence-corrected chi connectivity index (χ2v) is 2.98. The number of hydrogen-bond donors (Lipinski definition) is 1. The van der Waals surface area contributed by atoms with E-state index in [4.69, 9.17) is 4.74 Å². The van der Waals surface area contributed by atoms with Crippen LogP contribution >= 0.6 is 12.6 Å². The lowest BCUT2D eigenvalue weighted by Crippen LogP contribution is -2.12. The standard InChI is InChI=1S/C10H12O3S/c1-12-10(11)6-13-9-4-2-8(7-14)3-5-9/h2-5,14H,6-7H2,1H3. The highest BCUT2D eigenvalue weighted by Gasteiger charge is 2.00. The second kappa shape index (κ2) is 5.54. The van der Waals surface area contributed by atoms with Crippen molar-refractivity contribution in [3.63, 3.8) is 0 Å². The molecule has 0 spiro atoms. The van der Waals surface area contributed by atoms with E-state index in [1.165, 1.54) is 7.11 Å². The van der Waals surface area contributed by atoms with Crippen LogP contribution < -0.4 is 4.74 Å². The van der Waals surface area contributed by atoms with Crippen LogP contribution in [0.1, 0.15) is 5.56 Å². The van der Waals surface area contributed by atoms with Crippen molar-refractivity contribution in [1.29, 1.82) is 0 Å². The molecule has 0 heterocycles. The summed E-state index contributed by atoms with van der Waals surface area (Å²) < 4.78 is 9.60. The number of carbonyl (C=O) groups is 1. The first-order valence-corrected chi connectivity index (χ1v) is 4.79. The molecular formula is C10H12O3S. The summed E-state index contributed by atoms with van der Waals surface area (Å²) in [5.74, 6) is 0.960. The van der Waals surface area contributed by atoms with Crippen molar-refractivity contribution < 1.29 is 14.3 Å². The molecule has 0 radical (unpaired) electrons. The highest BCUT2D eigenvalue weighted by molar-refractivity contribution is 7.79. The average molecular weight is 212 g/mol. The van der Waals surface area contributed by atoms with Crippen LogP contribution in [0, 0.1) is 0 Å². The Morgan fingerprint density at radius 1 is 1.36 bits per heavy atom. The molecule has 0 aliphatic heterocycles. The number of esters is 1. The van der Waals surface area contributed by atoms with Gasteiger partial charge in [-0.2, -0.15) is 12.6 Å². The molecule has 0 atom stereocenters. The lowest BCUT2D eigenvalue weighted by molar-refractivity contribution is -0.142. The molecule has 14 heavy (non-hydrogen) atoms. The minimum atomic E-state index is -0.386. The van der Waals surface area contributed by atoms with Crippen LogP contribution in [-0.2, 0) is 15.3 Å². The molecule has 0 amide bonds. The lowest BCUT2D eigenvalue weighted by Gasteiger charge is -2.04. The SMILES string of the molecule is COC(=O)COc1ccc(CS)cc1. The summed E-state index contributed by atoms with van der Waals surface area (Å²) in [6, 6.07) is 7.40. The second-order valence-electron chi connectivity index (χ2n) is 2.67. The van der Waals surface area contributed by atoms with Crippen LogP contribution in [0.25, 0.3) is 0 Å². The summed E-state index contributed by atoms with van der Waals surface area (Å²) in [4.78, 5) is 10.7. The van der Waals surface area contributed by atoms with Gasteiger partial charge in [0.2, 0.25) is 0 Å². The lowest BCUT2D eigenvalue weighted by atomic mass is 10.2.